The molecule has 0 saturated heterocycles. The van der Waals surface area contributed by atoms with Gasteiger partial charge in [-0.3, -0.25) is 4.79 Å². The molecule has 22 heavy (non-hydrogen) atoms. The Labute approximate surface area is 131 Å². The summed E-state index contributed by atoms with van der Waals surface area (Å²) < 4.78 is 0. The lowest BCUT2D eigenvalue weighted by Gasteiger charge is -2.17. The predicted molar refractivity (Wildman–Crippen MR) is 89.1 cm³/mol. The maximum atomic E-state index is 11.9. The monoisotopic (exact) mass is 298 g/mol. The molecule has 0 radical (unpaired) electrons. The summed E-state index contributed by atoms with van der Waals surface area (Å²) in [5.74, 6) is -0.180. The highest BCUT2D eigenvalue weighted by Crippen LogP contribution is 2.20. The molecule has 0 aliphatic heterocycles. The Hall–Kier alpha value is -2.33. The average molecular weight is 298 g/mol. The molecule has 1 atom stereocenters. The maximum absolute atomic E-state index is 11.9. The van der Waals surface area contributed by atoms with E-state index in [9.17, 15) is 4.79 Å². The van der Waals surface area contributed by atoms with Gasteiger partial charge in [0.15, 0.2) is 0 Å². The fourth-order valence-electron chi connectivity index (χ4n) is 2.29. The third kappa shape index (κ3) is 4.33. The highest BCUT2D eigenvalue weighted by atomic mass is 16.3. The molecule has 0 aliphatic carbocycles. The van der Waals surface area contributed by atoms with Crippen LogP contribution in [-0.4, -0.2) is 24.2 Å². The fraction of sp³-hybridized carbons (Fsp3) is 0.278. The maximum Gasteiger partial charge on any atom is 0.251 e. The Morgan fingerprint density at radius 1 is 1.18 bits per heavy atom. The summed E-state index contributed by atoms with van der Waals surface area (Å²) in [7, 11) is 0. The first-order chi connectivity index (χ1) is 10.6. The van der Waals surface area contributed by atoms with Crippen LogP contribution < -0.4 is 10.6 Å². The molecule has 1 unspecified atom stereocenters. The van der Waals surface area contributed by atoms with Crippen LogP contribution in [0.25, 0.3) is 0 Å². The first kappa shape index (κ1) is 16.0. The average Bonchev–Trinajstić information content (AvgIpc) is 2.52. The number of anilines is 1. The van der Waals surface area contributed by atoms with E-state index in [1.807, 2.05) is 24.3 Å². The Bertz CT molecular complexity index is 640. The number of hydrogen-bond donors (Lipinski definition) is 3. The summed E-state index contributed by atoms with van der Waals surface area (Å²) in [5, 5.41) is 14.8. The molecule has 0 bridgehead atoms. The molecule has 1 amide bonds. The van der Waals surface area contributed by atoms with E-state index in [1.165, 1.54) is 11.1 Å². The zero-order valence-electron chi connectivity index (χ0n) is 13.0. The number of nitrogens with one attached hydrogen (secondary N) is 2. The smallest absolute Gasteiger partial charge is 0.251 e. The van der Waals surface area contributed by atoms with Crippen molar-refractivity contribution in [2.45, 2.75) is 19.9 Å². The molecule has 3 N–H and O–H groups in total. The minimum Gasteiger partial charge on any atom is -0.395 e. The molecule has 2 rings (SSSR count). The van der Waals surface area contributed by atoms with Crippen LogP contribution in [0.15, 0.2) is 48.5 Å². The van der Waals surface area contributed by atoms with Gasteiger partial charge in [0.1, 0.15) is 0 Å². The van der Waals surface area contributed by atoms with Gasteiger partial charge in [-0.25, -0.2) is 0 Å². The van der Waals surface area contributed by atoms with E-state index >= 15 is 0 Å². The van der Waals surface area contributed by atoms with Gasteiger partial charge in [-0.05, 0) is 37.6 Å². The van der Waals surface area contributed by atoms with Crippen molar-refractivity contribution in [3.05, 3.63) is 65.2 Å². The van der Waals surface area contributed by atoms with Crippen LogP contribution in [0, 0.1) is 6.92 Å². The van der Waals surface area contributed by atoms with E-state index < -0.39 is 0 Å². The molecular formula is C18H22N2O2. The van der Waals surface area contributed by atoms with Gasteiger partial charge in [0.2, 0.25) is 0 Å². The van der Waals surface area contributed by atoms with E-state index in [4.69, 9.17) is 5.11 Å². The lowest BCUT2D eigenvalue weighted by molar-refractivity contribution is 0.0945. The minimum atomic E-state index is -0.180. The zero-order chi connectivity index (χ0) is 15.9. The summed E-state index contributed by atoms with van der Waals surface area (Å²) in [6, 6.07) is 15.9. The number of amides is 1. The number of aryl methyl sites for hydroxylation is 1. The third-order valence-corrected chi connectivity index (χ3v) is 3.45. The van der Waals surface area contributed by atoms with Crippen molar-refractivity contribution in [2.75, 3.05) is 18.5 Å². The number of aliphatic hydroxyl groups excluding tert-OH is 1. The van der Waals surface area contributed by atoms with E-state index in [0.29, 0.717) is 5.56 Å². The highest BCUT2D eigenvalue weighted by molar-refractivity contribution is 5.95. The molecule has 0 aliphatic rings. The Morgan fingerprint density at radius 2 is 1.95 bits per heavy atom. The van der Waals surface area contributed by atoms with Crippen LogP contribution in [0.4, 0.5) is 5.69 Å². The first-order valence-electron chi connectivity index (χ1n) is 7.42. The molecule has 2 aromatic carbocycles. The Kier molecular flexibility index (Phi) is 5.55. The summed E-state index contributed by atoms with van der Waals surface area (Å²) in [4.78, 5) is 11.9. The van der Waals surface area contributed by atoms with Gasteiger partial charge >= 0.3 is 0 Å². The quantitative estimate of drug-likeness (QED) is 0.768. The van der Waals surface area contributed by atoms with Crippen LogP contribution in [0.3, 0.4) is 0 Å². The molecule has 4 nitrogen and oxygen atoms in total. The van der Waals surface area contributed by atoms with Crippen molar-refractivity contribution in [3.63, 3.8) is 0 Å². The van der Waals surface area contributed by atoms with Crippen LogP contribution in [-0.2, 0) is 0 Å². The molecule has 4 heteroatoms. The molecule has 0 fully saturated rings. The van der Waals surface area contributed by atoms with Crippen molar-refractivity contribution in [2.24, 2.45) is 0 Å². The van der Waals surface area contributed by atoms with Crippen LogP contribution >= 0.6 is 0 Å². The van der Waals surface area contributed by atoms with Crippen molar-refractivity contribution >= 4 is 11.6 Å². The minimum absolute atomic E-state index is 0.0614. The molecule has 0 saturated carbocycles. The fourth-order valence-corrected chi connectivity index (χ4v) is 2.29. The number of benzene rings is 2. The van der Waals surface area contributed by atoms with Crippen LogP contribution in [0.1, 0.15) is 34.5 Å². The van der Waals surface area contributed by atoms with Gasteiger partial charge in [0.05, 0.1) is 6.61 Å². The largest absolute Gasteiger partial charge is 0.395 e. The number of aliphatic hydroxyl groups is 1. The zero-order valence-corrected chi connectivity index (χ0v) is 13.0. The van der Waals surface area contributed by atoms with Gasteiger partial charge in [-0.1, -0.05) is 35.9 Å². The predicted octanol–water partition coefficient (Wildman–Crippen LogP) is 2.89. The lowest BCUT2D eigenvalue weighted by Crippen LogP contribution is -2.26. The van der Waals surface area contributed by atoms with Gasteiger partial charge in [-0.15, -0.1) is 0 Å². The normalized spacial score (nSPS) is 11.8. The topological polar surface area (TPSA) is 61.4 Å². The summed E-state index contributed by atoms with van der Waals surface area (Å²) in [6.07, 6.45) is 0. The van der Waals surface area contributed by atoms with E-state index in [1.54, 1.807) is 6.07 Å². The summed E-state index contributed by atoms with van der Waals surface area (Å²) in [5.41, 5.74) is 3.90. The van der Waals surface area contributed by atoms with Gasteiger partial charge in [0, 0.05) is 23.8 Å². The number of carbonyl (C=O) groups is 1. The molecular weight excluding hydrogens is 276 g/mol. The third-order valence-electron chi connectivity index (χ3n) is 3.45. The number of carbonyl (C=O) groups excluding carboxylic acids is 1. The Morgan fingerprint density at radius 3 is 2.68 bits per heavy atom. The second kappa shape index (κ2) is 7.61. The molecule has 116 valence electrons. The SMILES string of the molecule is Cc1cccc(C(C)Nc2cccc(C(=O)NCCO)c2)c1. The second-order valence-electron chi connectivity index (χ2n) is 5.34. The number of rotatable bonds is 6. The van der Waals surface area contributed by atoms with E-state index in [-0.39, 0.29) is 25.1 Å². The molecule has 2 aromatic rings. The Balaban J connectivity index is 2.08. The summed E-state index contributed by atoms with van der Waals surface area (Å²) >= 11 is 0. The highest BCUT2D eigenvalue weighted by Gasteiger charge is 2.08. The standard InChI is InChI=1S/C18H22N2O2/c1-13-5-3-6-15(11-13)14(2)20-17-8-4-7-16(12-17)18(22)19-9-10-21/h3-8,11-12,14,20-21H,9-10H2,1-2H3,(H,19,22). The van der Waals surface area contributed by atoms with Crippen LogP contribution in [0.2, 0.25) is 0 Å². The van der Waals surface area contributed by atoms with Gasteiger partial charge in [0.25, 0.3) is 5.91 Å². The first-order valence-corrected chi connectivity index (χ1v) is 7.42. The van der Waals surface area contributed by atoms with E-state index in [0.717, 1.165) is 5.69 Å². The van der Waals surface area contributed by atoms with Crippen molar-refractivity contribution in [3.8, 4) is 0 Å². The van der Waals surface area contributed by atoms with Crippen molar-refractivity contribution in [1.82, 2.24) is 5.32 Å². The lowest BCUT2D eigenvalue weighted by atomic mass is 10.1. The second-order valence-corrected chi connectivity index (χ2v) is 5.34. The number of hydrogen-bond acceptors (Lipinski definition) is 3. The molecule has 0 heterocycles. The van der Waals surface area contributed by atoms with Crippen molar-refractivity contribution < 1.29 is 9.90 Å². The molecule has 0 aromatic heterocycles. The molecule has 0 spiro atoms. The van der Waals surface area contributed by atoms with E-state index in [2.05, 4.69) is 42.7 Å². The van der Waals surface area contributed by atoms with Crippen molar-refractivity contribution in [1.29, 1.82) is 0 Å². The van der Waals surface area contributed by atoms with Gasteiger partial charge < -0.3 is 15.7 Å². The van der Waals surface area contributed by atoms with Gasteiger partial charge in [-0.2, -0.15) is 0 Å². The summed E-state index contributed by atoms with van der Waals surface area (Å²) in [6.45, 7) is 4.36. The van der Waals surface area contributed by atoms with Crippen LogP contribution in [0.5, 0.6) is 0 Å².